The second-order valence-electron chi connectivity index (χ2n) is 6.50. The number of anilines is 1. The van der Waals surface area contributed by atoms with E-state index in [0.717, 1.165) is 28.0 Å². The van der Waals surface area contributed by atoms with Crippen LogP contribution in [-0.4, -0.2) is 22.5 Å². The molecule has 4 aromatic rings. The smallest absolute Gasteiger partial charge is 0.262 e. The van der Waals surface area contributed by atoms with Crippen LogP contribution in [-0.2, 0) is 4.79 Å². The molecule has 0 fully saturated rings. The van der Waals surface area contributed by atoms with E-state index >= 15 is 0 Å². The Morgan fingerprint density at radius 3 is 2.57 bits per heavy atom. The van der Waals surface area contributed by atoms with Crippen LogP contribution in [0.2, 0.25) is 0 Å². The van der Waals surface area contributed by atoms with Gasteiger partial charge in [-0.25, -0.2) is 4.98 Å². The quantitative estimate of drug-likeness (QED) is 0.556. The van der Waals surface area contributed by atoms with E-state index < -0.39 is 0 Å². The van der Waals surface area contributed by atoms with E-state index in [1.165, 1.54) is 0 Å². The van der Waals surface area contributed by atoms with Crippen LogP contribution in [0.15, 0.2) is 65.3 Å². The zero-order chi connectivity index (χ0) is 19.5. The number of carbonyl (C=O) groups is 1. The van der Waals surface area contributed by atoms with Crippen LogP contribution in [0.25, 0.3) is 22.6 Å². The number of amides is 1. The number of ether oxygens (including phenoxy) is 1. The Bertz CT molecular complexity index is 1120. The van der Waals surface area contributed by atoms with Crippen molar-refractivity contribution in [2.24, 2.45) is 0 Å². The van der Waals surface area contributed by atoms with Crippen LogP contribution < -0.4 is 10.1 Å². The van der Waals surface area contributed by atoms with Crippen molar-refractivity contribution in [3.05, 3.63) is 72.1 Å². The van der Waals surface area contributed by atoms with Gasteiger partial charge in [0.25, 0.3) is 5.91 Å². The third kappa shape index (κ3) is 3.71. The van der Waals surface area contributed by atoms with Crippen molar-refractivity contribution in [3.63, 3.8) is 0 Å². The predicted octanol–water partition coefficient (Wildman–Crippen LogP) is 4.52. The zero-order valence-corrected chi connectivity index (χ0v) is 15.6. The largest absolute Gasteiger partial charge is 0.483 e. The molecule has 2 aromatic heterocycles. The summed E-state index contributed by atoms with van der Waals surface area (Å²) < 4.78 is 11.5. The summed E-state index contributed by atoms with van der Waals surface area (Å²) in [5.74, 6) is 1.01. The molecular weight excluding hydrogens is 354 g/mol. The third-order valence-corrected chi connectivity index (χ3v) is 4.36. The average Bonchev–Trinajstić information content (AvgIpc) is 3.12. The molecule has 6 heteroatoms. The van der Waals surface area contributed by atoms with Crippen LogP contribution in [0.1, 0.15) is 11.1 Å². The molecule has 0 atom stereocenters. The fourth-order valence-electron chi connectivity index (χ4n) is 2.98. The lowest BCUT2D eigenvalue weighted by Crippen LogP contribution is -2.20. The van der Waals surface area contributed by atoms with Crippen LogP contribution in [0.4, 0.5) is 5.69 Å². The highest BCUT2D eigenvalue weighted by Crippen LogP contribution is 2.26. The molecule has 0 saturated heterocycles. The highest BCUT2D eigenvalue weighted by atomic mass is 16.5. The van der Waals surface area contributed by atoms with Gasteiger partial charge in [0.2, 0.25) is 5.89 Å². The molecule has 2 aromatic carbocycles. The second kappa shape index (κ2) is 7.52. The van der Waals surface area contributed by atoms with Crippen molar-refractivity contribution in [1.82, 2.24) is 9.97 Å². The maximum Gasteiger partial charge on any atom is 0.262 e. The van der Waals surface area contributed by atoms with E-state index in [1.807, 2.05) is 50.2 Å². The van der Waals surface area contributed by atoms with Crippen molar-refractivity contribution >= 4 is 22.7 Å². The van der Waals surface area contributed by atoms with E-state index in [1.54, 1.807) is 24.5 Å². The summed E-state index contributed by atoms with van der Waals surface area (Å²) in [5, 5.41) is 2.83. The predicted molar refractivity (Wildman–Crippen MR) is 107 cm³/mol. The lowest BCUT2D eigenvalue weighted by atomic mass is 10.1. The summed E-state index contributed by atoms with van der Waals surface area (Å²) in [5.41, 5.74) is 4.79. The van der Waals surface area contributed by atoms with Gasteiger partial charge in [-0.2, -0.15) is 0 Å². The third-order valence-electron chi connectivity index (χ3n) is 4.36. The maximum absolute atomic E-state index is 12.3. The van der Waals surface area contributed by atoms with Gasteiger partial charge in [0.1, 0.15) is 11.3 Å². The minimum Gasteiger partial charge on any atom is -0.483 e. The van der Waals surface area contributed by atoms with Crippen molar-refractivity contribution in [2.75, 3.05) is 11.9 Å². The number of nitrogens with one attached hydrogen (secondary N) is 1. The van der Waals surface area contributed by atoms with Gasteiger partial charge in [0.15, 0.2) is 12.2 Å². The van der Waals surface area contributed by atoms with Gasteiger partial charge in [0, 0.05) is 29.7 Å². The molecule has 6 nitrogen and oxygen atoms in total. The van der Waals surface area contributed by atoms with Crippen LogP contribution in [0.5, 0.6) is 5.75 Å². The number of oxazole rings is 1. The zero-order valence-electron chi connectivity index (χ0n) is 15.6. The molecule has 28 heavy (non-hydrogen) atoms. The number of aromatic nitrogens is 2. The van der Waals surface area contributed by atoms with E-state index in [9.17, 15) is 4.79 Å². The van der Waals surface area contributed by atoms with E-state index in [0.29, 0.717) is 17.2 Å². The van der Waals surface area contributed by atoms with Crippen LogP contribution in [0.3, 0.4) is 0 Å². The number of pyridine rings is 1. The molecular formula is C22H19N3O3. The molecule has 0 aliphatic carbocycles. The van der Waals surface area contributed by atoms with Crippen LogP contribution in [0, 0.1) is 13.8 Å². The fourth-order valence-corrected chi connectivity index (χ4v) is 2.98. The standard InChI is InChI=1S/C22H19N3O3/c1-14-4-3-5-15(2)21(14)27-13-20(26)24-17-6-7-18-19(12-17)28-22(25-18)16-8-10-23-11-9-16/h3-12H,13H2,1-2H3,(H,24,26). The fraction of sp³-hybridized carbons (Fsp3) is 0.136. The molecule has 4 rings (SSSR count). The first-order chi connectivity index (χ1) is 13.6. The average molecular weight is 373 g/mol. The normalized spacial score (nSPS) is 10.8. The molecule has 0 aliphatic heterocycles. The molecule has 0 aliphatic rings. The van der Waals surface area contributed by atoms with Crippen molar-refractivity contribution in [2.45, 2.75) is 13.8 Å². The number of aryl methyl sites for hydroxylation is 2. The van der Waals surface area contributed by atoms with Gasteiger partial charge in [-0.1, -0.05) is 18.2 Å². The van der Waals surface area contributed by atoms with Gasteiger partial charge in [0.05, 0.1) is 0 Å². The monoisotopic (exact) mass is 373 g/mol. The number of rotatable bonds is 5. The number of fused-ring (bicyclic) bond motifs is 1. The minimum absolute atomic E-state index is 0.0671. The Morgan fingerprint density at radius 2 is 1.82 bits per heavy atom. The highest BCUT2D eigenvalue weighted by Gasteiger charge is 2.11. The summed E-state index contributed by atoms with van der Waals surface area (Å²) in [7, 11) is 0. The van der Waals surface area contributed by atoms with E-state index in [2.05, 4.69) is 15.3 Å². The van der Waals surface area contributed by atoms with Crippen molar-refractivity contribution < 1.29 is 13.9 Å². The van der Waals surface area contributed by atoms with Gasteiger partial charge >= 0.3 is 0 Å². The van der Waals surface area contributed by atoms with E-state index in [-0.39, 0.29) is 12.5 Å². The molecule has 0 unspecified atom stereocenters. The first kappa shape index (κ1) is 17.7. The van der Waals surface area contributed by atoms with Crippen molar-refractivity contribution in [3.8, 4) is 17.2 Å². The Kier molecular flexibility index (Phi) is 4.76. The Morgan fingerprint density at radius 1 is 1.07 bits per heavy atom. The lowest BCUT2D eigenvalue weighted by molar-refractivity contribution is -0.118. The van der Waals surface area contributed by atoms with Crippen molar-refractivity contribution in [1.29, 1.82) is 0 Å². The molecule has 0 radical (unpaired) electrons. The Labute approximate surface area is 162 Å². The number of carbonyl (C=O) groups excluding carboxylic acids is 1. The van der Waals surface area contributed by atoms with Gasteiger partial charge in [-0.05, 0) is 49.2 Å². The highest BCUT2D eigenvalue weighted by molar-refractivity contribution is 5.94. The van der Waals surface area contributed by atoms with Gasteiger partial charge in [-0.15, -0.1) is 0 Å². The topological polar surface area (TPSA) is 77.2 Å². The summed E-state index contributed by atoms with van der Waals surface area (Å²) in [6.07, 6.45) is 3.37. The van der Waals surface area contributed by atoms with Crippen LogP contribution >= 0.6 is 0 Å². The lowest BCUT2D eigenvalue weighted by Gasteiger charge is -2.11. The minimum atomic E-state index is -0.240. The molecule has 0 saturated carbocycles. The Hall–Kier alpha value is -3.67. The summed E-state index contributed by atoms with van der Waals surface area (Å²) in [6.45, 7) is 3.85. The SMILES string of the molecule is Cc1cccc(C)c1OCC(=O)Nc1ccc2nc(-c3ccncc3)oc2c1. The number of hydrogen-bond donors (Lipinski definition) is 1. The first-order valence-corrected chi connectivity index (χ1v) is 8.90. The first-order valence-electron chi connectivity index (χ1n) is 8.90. The maximum atomic E-state index is 12.3. The number of benzene rings is 2. The van der Waals surface area contributed by atoms with E-state index in [4.69, 9.17) is 9.15 Å². The molecule has 140 valence electrons. The Balaban J connectivity index is 1.46. The second-order valence-corrected chi connectivity index (χ2v) is 6.50. The molecule has 0 bridgehead atoms. The molecule has 2 heterocycles. The number of nitrogens with zero attached hydrogens (tertiary/aromatic N) is 2. The molecule has 0 spiro atoms. The summed E-state index contributed by atoms with van der Waals surface area (Å²) >= 11 is 0. The molecule has 1 amide bonds. The summed E-state index contributed by atoms with van der Waals surface area (Å²) in [4.78, 5) is 20.7. The number of hydrogen-bond acceptors (Lipinski definition) is 5. The summed E-state index contributed by atoms with van der Waals surface area (Å²) in [6, 6.07) is 14.9. The number of para-hydroxylation sites is 1. The van der Waals surface area contributed by atoms with Gasteiger partial charge in [-0.3, -0.25) is 9.78 Å². The van der Waals surface area contributed by atoms with Gasteiger partial charge < -0.3 is 14.5 Å². The molecule has 1 N–H and O–H groups in total.